The van der Waals surface area contributed by atoms with Gasteiger partial charge in [0.15, 0.2) is 5.78 Å². The number of hydrogen-bond donors (Lipinski definition) is 0. The number of hydrogen-bond acceptors (Lipinski definition) is 3. The van der Waals surface area contributed by atoms with Crippen LogP contribution < -0.4 is 4.74 Å². The molecule has 1 saturated heterocycles. The number of rotatable bonds is 6. The van der Waals surface area contributed by atoms with Gasteiger partial charge in [0.05, 0.1) is 0 Å². The molecule has 1 heterocycles. The zero-order valence-corrected chi connectivity index (χ0v) is 14.3. The summed E-state index contributed by atoms with van der Waals surface area (Å²) >= 11 is 0. The lowest BCUT2D eigenvalue weighted by molar-refractivity contribution is 0.0958. The fourth-order valence-corrected chi connectivity index (χ4v) is 3.21. The van der Waals surface area contributed by atoms with Crippen molar-refractivity contribution in [1.82, 2.24) is 4.90 Å². The quantitative estimate of drug-likeness (QED) is 0.712. The number of benzene rings is 2. The Morgan fingerprint density at radius 3 is 2.46 bits per heavy atom. The fraction of sp³-hybridized carbons (Fsp3) is 0.381. The molecule has 1 aliphatic rings. The SMILES string of the molecule is Cc1cc(Oc2ccccc2)ccc1C(=O)CCN1CCCCC1. The van der Waals surface area contributed by atoms with Gasteiger partial charge >= 0.3 is 0 Å². The van der Waals surface area contributed by atoms with Crippen molar-refractivity contribution in [2.75, 3.05) is 19.6 Å². The average molecular weight is 323 g/mol. The van der Waals surface area contributed by atoms with E-state index in [0.29, 0.717) is 6.42 Å². The minimum atomic E-state index is 0.226. The van der Waals surface area contributed by atoms with E-state index in [1.807, 2.05) is 55.5 Å². The van der Waals surface area contributed by atoms with Crippen LogP contribution in [0.25, 0.3) is 0 Å². The lowest BCUT2D eigenvalue weighted by Gasteiger charge is -2.26. The molecule has 0 aliphatic carbocycles. The highest BCUT2D eigenvalue weighted by molar-refractivity contribution is 5.97. The van der Waals surface area contributed by atoms with Gasteiger partial charge in [0.2, 0.25) is 0 Å². The molecule has 0 bridgehead atoms. The third-order valence-electron chi connectivity index (χ3n) is 4.58. The topological polar surface area (TPSA) is 29.5 Å². The summed E-state index contributed by atoms with van der Waals surface area (Å²) in [5.74, 6) is 1.80. The van der Waals surface area contributed by atoms with Crippen LogP contribution in [0.3, 0.4) is 0 Å². The van der Waals surface area contributed by atoms with E-state index in [9.17, 15) is 4.79 Å². The average Bonchev–Trinajstić information content (AvgIpc) is 2.61. The maximum atomic E-state index is 12.5. The van der Waals surface area contributed by atoms with Crippen LogP contribution in [0.4, 0.5) is 0 Å². The van der Waals surface area contributed by atoms with Gasteiger partial charge in [-0.25, -0.2) is 0 Å². The molecular weight excluding hydrogens is 298 g/mol. The number of carbonyl (C=O) groups is 1. The van der Waals surface area contributed by atoms with Gasteiger partial charge in [0, 0.05) is 18.5 Å². The molecular formula is C21H25NO2. The Labute approximate surface area is 144 Å². The highest BCUT2D eigenvalue weighted by atomic mass is 16.5. The monoisotopic (exact) mass is 323 g/mol. The fourth-order valence-electron chi connectivity index (χ4n) is 3.21. The zero-order chi connectivity index (χ0) is 16.8. The van der Waals surface area contributed by atoms with E-state index in [1.165, 1.54) is 19.3 Å². The molecule has 0 aromatic heterocycles. The van der Waals surface area contributed by atoms with Crippen LogP contribution in [0.2, 0.25) is 0 Å². The zero-order valence-electron chi connectivity index (χ0n) is 14.3. The van der Waals surface area contributed by atoms with Gasteiger partial charge in [0.25, 0.3) is 0 Å². The Morgan fingerprint density at radius 1 is 1.00 bits per heavy atom. The van der Waals surface area contributed by atoms with Crippen LogP contribution in [-0.4, -0.2) is 30.3 Å². The van der Waals surface area contributed by atoms with E-state index in [4.69, 9.17) is 4.74 Å². The minimum Gasteiger partial charge on any atom is -0.457 e. The summed E-state index contributed by atoms with van der Waals surface area (Å²) in [6.45, 7) is 5.12. The van der Waals surface area contributed by atoms with Gasteiger partial charge in [-0.15, -0.1) is 0 Å². The van der Waals surface area contributed by atoms with Gasteiger partial charge in [-0.1, -0.05) is 24.6 Å². The van der Waals surface area contributed by atoms with Crippen LogP contribution in [-0.2, 0) is 0 Å². The summed E-state index contributed by atoms with van der Waals surface area (Å²) in [6.07, 6.45) is 4.45. The molecule has 1 fully saturated rings. The Bertz CT molecular complexity index is 675. The van der Waals surface area contributed by atoms with Crippen molar-refractivity contribution in [3.8, 4) is 11.5 Å². The van der Waals surface area contributed by atoms with Gasteiger partial charge in [-0.3, -0.25) is 4.79 Å². The highest BCUT2D eigenvalue weighted by Gasteiger charge is 2.14. The number of ketones is 1. The maximum Gasteiger partial charge on any atom is 0.164 e. The van der Waals surface area contributed by atoms with Crippen LogP contribution in [0.1, 0.15) is 41.6 Å². The normalized spacial score (nSPS) is 15.2. The predicted molar refractivity (Wildman–Crippen MR) is 96.9 cm³/mol. The second kappa shape index (κ2) is 8.11. The summed E-state index contributed by atoms with van der Waals surface area (Å²) in [7, 11) is 0. The molecule has 0 spiro atoms. The van der Waals surface area contributed by atoms with E-state index in [-0.39, 0.29) is 5.78 Å². The van der Waals surface area contributed by atoms with Crippen molar-refractivity contribution in [1.29, 1.82) is 0 Å². The lowest BCUT2D eigenvalue weighted by Crippen LogP contribution is -2.31. The highest BCUT2D eigenvalue weighted by Crippen LogP contribution is 2.24. The summed E-state index contributed by atoms with van der Waals surface area (Å²) in [5.41, 5.74) is 1.79. The minimum absolute atomic E-state index is 0.226. The Morgan fingerprint density at radius 2 is 1.75 bits per heavy atom. The Balaban J connectivity index is 1.60. The van der Waals surface area contributed by atoms with Crippen molar-refractivity contribution in [3.63, 3.8) is 0 Å². The van der Waals surface area contributed by atoms with E-state index in [2.05, 4.69) is 4.90 Å². The number of ether oxygens (including phenoxy) is 1. The van der Waals surface area contributed by atoms with Crippen LogP contribution in [0.5, 0.6) is 11.5 Å². The molecule has 0 unspecified atom stereocenters. The number of likely N-dealkylation sites (tertiary alicyclic amines) is 1. The lowest BCUT2D eigenvalue weighted by atomic mass is 10.0. The van der Waals surface area contributed by atoms with Gasteiger partial charge in [-0.05, 0) is 68.8 Å². The molecule has 126 valence electrons. The van der Waals surface area contributed by atoms with Crippen molar-refractivity contribution in [2.24, 2.45) is 0 Å². The second-order valence-electron chi connectivity index (χ2n) is 6.47. The number of aryl methyl sites for hydroxylation is 1. The molecule has 2 aromatic rings. The summed E-state index contributed by atoms with van der Waals surface area (Å²) < 4.78 is 5.83. The summed E-state index contributed by atoms with van der Waals surface area (Å²) in [5, 5.41) is 0. The molecule has 0 radical (unpaired) electrons. The Kier molecular flexibility index (Phi) is 5.65. The molecule has 0 saturated carbocycles. The van der Waals surface area contributed by atoms with Crippen LogP contribution in [0, 0.1) is 6.92 Å². The van der Waals surface area contributed by atoms with Gasteiger partial charge < -0.3 is 9.64 Å². The van der Waals surface area contributed by atoms with Gasteiger partial charge in [-0.2, -0.15) is 0 Å². The third-order valence-corrected chi connectivity index (χ3v) is 4.58. The first-order valence-electron chi connectivity index (χ1n) is 8.81. The number of nitrogens with zero attached hydrogens (tertiary/aromatic N) is 1. The molecule has 0 amide bonds. The van der Waals surface area contributed by atoms with Crippen molar-refractivity contribution >= 4 is 5.78 Å². The molecule has 3 nitrogen and oxygen atoms in total. The standard InChI is InChI=1S/C21H25NO2/c1-17-16-19(24-18-8-4-2-5-9-18)10-11-20(17)21(23)12-15-22-13-6-3-7-14-22/h2,4-5,8-11,16H,3,6-7,12-15H2,1H3. The van der Waals surface area contributed by atoms with Crippen molar-refractivity contribution in [2.45, 2.75) is 32.6 Å². The molecule has 3 rings (SSSR count). The van der Waals surface area contributed by atoms with Gasteiger partial charge in [0.1, 0.15) is 11.5 Å². The first-order valence-corrected chi connectivity index (χ1v) is 8.81. The predicted octanol–water partition coefficient (Wildman–Crippen LogP) is 4.85. The van der Waals surface area contributed by atoms with Crippen molar-refractivity contribution < 1.29 is 9.53 Å². The van der Waals surface area contributed by atoms with E-state index in [1.54, 1.807) is 0 Å². The Hall–Kier alpha value is -2.13. The van der Waals surface area contributed by atoms with E-state index >= 15 is 0 Å². The second-order valence-corrected chi connectivity index (χ2v) is 6.47. The van der Waals surface area contributed by atoms with Crippen molar-refractivity contribution in [3.05, 3.63) is 59.7 Å². The molecule has 1 aliphatic heterocycles. The third kappa shape index (κ3) is 4.45. The number of Topliss-reactive ketones (excluding diaryl/α,β-unsaturated/α-hetero) is 1. The summed E-state index contributed by atoms with van der Waals surface area (Å²) in [6, 6.07) is 15.4. The first-order chi connectivity index (χ1) is 11.7. The first kappa shape index (κ1) is 16.7. The smallest absolute Gasteiger partial charge is 0.164 e. The molecule has 2 aromatic carbocycles. The summed E-state index contributed by atoms with van der Waals surface area (Å²) in [4.78, 5) is 14.9. The number of carbonyl (C=O) groups excluding carboxylic acids is 1. The molecule has 24 heavy (non-hydrogen) atoms. The molecule has 0 N–H and O–H groups in total. The number of para-hydroxylation sites is 1. The molecule has 0 atom stereocenters. The van der Waals surface area contributed by atoms with E-state index < -0.39 is 0 Å². The van der Waals surface area contributed by atoms with Crippen LogP contribution >= 0.6 is 0 Å². The number of piperidine rings is 1. The van der Waals surface area contributed by atoms with E-state index in [0.717, 1.165) is 42.3 Å². The van der Waals surface area contributed by atoms with Crippen LogP contribution in [0.15, 0.2) is 48.5 Å². The molecule has 3 heteroatoms. The maximum absolute atomic E-state index is 12.5. The largest absolute Gasteiger partial charge is 0.457 e.